The summed E-state index contributed by atoms with van der Waals surface area (Å²) in [7, 11) is 1.77. The van der Waals surface area contributed by atoms with Gasteiger partial charge < -0.3 is 15.7 Å². The minimum atomic E-state index is -0.359. The number of nitrogen functional groups attached to an aromatic ring is 1. The summed E-state index contributed by atoms with van der Waals surface area (Å²) < 4.78 is 14.1. The average Bonchev–Trinajstić information content (AvgIpc) is 2.42. The Hall–Kier alpha value is -2.14. The Morgan fingerprint density at radius 1 is 1.37 bits per heavy atom. The maximum Gasteiger partial charge on any atom is 0.133 e. The summed E-state index contributed by atoms with van der Waals surface area (Å²) in [6.07, 6.45) is 3.22. The third kappa shape index (κ3) is 2.66. The second-order valence-corrected chi connectivity index (χ2v) is 4.25. The molecular weight excluding hydrogens is 245 g/mol. The Labute approximate surface area is 111 Å². The van der Waals surface area contributed by atoms with Crippen molar-refractivity contribution in [3.8, 4) is 11.1 Å². The van der Waals surface area contributed by atoms with E-state index >= 15 is 0 Å². The topological polar surface area (TPSA) is 62.4 Å². The quantitative estimate of drug-likeness (QED) is 0.825. The molecule has 1 heterocycles. The van der Waals surface area contributed by atoms with E-state index in [1.54, 1.807) is 36.5 Å². The number of aromatic nitrogens is 1. The lowest BCUT2D eigenvalue weighted by molar-refractivity contribution is 0.304. The summed E-state index contributed by atoms with van der Waals surface area (Å²) >= 11 is 0. The van der Waals surface area contributed by atoms with Gasteiger partial charge in [0, 0.05) is 37.1 Å². The van der Waals surface area contributed by atoms with Gasteiger partial charge in [0.15, 0.2) is 0 Å². The first kappa shape index (κ1) is 13.3. The number of aliphatic hydroxyl groups is 1. The molecule has 2 aromatic rings. The van der Waals surface area contributed by atoms with Gasteiger partial charge >= 0.3 is 0 Å². The molecular formula is C14H16FN3O. The van der Waals surface area contributed by atoms with E-state index in [0.29, 0.717) is 29.0 Å². The molecule has 0 unspecified atom stereocenters. The fourth-order valence-electron chi connectivity index (χ4n) is 2.04. The zero-order chi connectivity index (χ0) is 13.8. The van der Waals surface area contributed by atoms with Crippen molar-refractivity contribution in [2.24, 2.45) is 0 Å². The minimum absolute atomic E-state index is 0.0288. The second kappa shape index (κ2) is 5.67. The standard InChI is InChI=1S/C14H16FN3O/c1-18(7-8-19)14-12(16)5-4-11(15)13(14)10-3-2-6-17-9-10/h2-6,9,19H,7-8,16H2,1H3. The van der Waals surface area contributed by atoms with Gasteiger partial charge in [0.2, 0.25) is 0 Å². The van der Waals surface area contributed by atoms with E-state index in [1.807, 2.05) is 0 Å². The highest BCUT2D eigenvalue weighted by Crippen LogP contribution is 2.36. The maximum atomic E-state index is 14.1. The SMILES string of the molecule is CN(CCO)c1c(N)ccc(F)c1-c1cccnc1. The van der Waals surface area contributed by atoms with Crippen molar-refractivity contribution in [2.45, 2.75) is 0 Å². The van der Waals surface area contributed by atoms with E-state index in [0.717, 1.165) is 0 Å². The Kier molecular flexibility index (Phi) is 3.97. The van der Waals surface area contributed by atoms with E-state index in [9.17, 15) is 4.39 Å². The number of nitrogens with two attached hydrogens (primary N) is 1. The lowest BCUT2D eigenvalue weighted by Gasteiger charge is -2.23. The van der Waals surface area contributed by atoms with Crippen molar-refractivity contribution in [3.05, 3.63) is 42.5 Å². The molecule has 3 N–H and O–H groups in total. The molecule has 2 rings (SSSR count). The highest BCUT2D eigenvalue weighted by molar-refractivity contribution is 5.87. The van der Waals surface area contributed by atoms with Crippen LogP contribution in [0.1, 0.15) is 0 Å². The van der Waals surface area contributed by atoms with Gasteiger partial charge in [-0.15, -0.1) is 0 Å². The lowest BCUT2D eigenvalue weighted by Crippen LogP contribution is -2.23. The summed E-state index contributed by atoms with van der Waals surface area (Å²) in [5.74, 6) is -0.359. The van der Waals surface area contributed by atoms with Gasteiger partial charge in [-0.25, -0.2) is 4.39 Å². The van der Waals surface area contributed by atoms with E-state index < -0.39 is 0 Å². The smallest absolute Gasteiger partial charge is 0.133 e. The van der Waals surface area contributed by atoms with Crippen molar-refractivity contribution in [1.29, 1.82) is 0 Å². The second-order valence-electron chi connectivity index (χ2n) is 4.25. The number of nitrogens with zero attached hydrogens (tertiary/aromatic N) is 2. The molecule has 0 fully saturated rings. The normalized spacial score (nSPS) is 10.5. The highest BCUT2D eigenvalue weighted by Gasteiger charge is 2.17. The Morgan fingerprint density at radius 3 is 2.79 bits per heavy atom. The Bertz CT molecular complexity index is 560. The number of halogens is 1. The minimum Gasteiger partial charge on any atom is -0.397 e. The molecule has 0 aliphatic heterocycles. The van der Waals surface area contributed by atoms with Crippen LogP contribution in [0.3, 0.4) is 0 Å². The largest absolute Gasteiger partial charge is 0.397 e. The van der Waals surface area contributed by atoms with Crippen LogP contribution in [0, 0.1) is 5.82 Å². The van der Waals surface area contributed by atoms with Gasteiger partial charge in [-0.05, 0) is 18.2 Å². The van der Waals surface area contributed by atoms with Crippen LogP contribution in [-0.2, 0) is 0 Å². The molecule has 0 radical (unpaired) electrons. The number of rotatable bonds is 4. The van der Waals surface area contributed by atoms with Crippen molar-refractivity contribution in [1.82, 2.24) is 4.98 Å². The summed E-state index contributed by atoms with van der Waals surface area (Å²) in [6, 6.07) is 6.39. The summed E-state index contributed by atoms with van der Waals surface area (Å²) in [5.41, 5.74) is 8.05. The van der Waals surface area contributed by atoms with Crippen molar-refractivity contribution in [2.75, 3.05) is 30.8 Å². The molecule has 1 aromatic carbocycles. The van der Waals surface area contributed by atoms with Gasteiger partial charge in [0.25, 0.3) is 0 Å². The van der Waals surface area contributed by atoms with Gasteiger partial charge in [-0.3, -0.25) is 4.98 Å². The summed E-state index contributed by atoms with van der Waals surface area (Å²) in [5, 5.41) is 9.03. The van der Waals surface area contributed by atoms with Gasteiger partial charge in [0.05, 0.1) is 18.0 Å². The molecule has 0 amide bonds. The molecule has 100 valence electrons. The van der Waals surface area contributed by atoms with Crippen molar-refractivity contribution < 1.29 is 9.50 Å². The van der Waals surface area contributed by atoms with Crippen LogP contribution < -0.4 is 10.6 Å². The first-order valence-electron chi connectivity index (χ1n) is 5.95. The molecule has 1 aromatic heterocycles. The van der Waals surface area contributed by atoms with E-state index in [-0.39, 0.29) is 12.4 Å². The molecule has 0 bridgehead atoms. The van der Waals surface area contributed by atoms with E-state index in [4.69, 9.17) is 10.8 Å². The zero-order valence-electron chi connectivity index (χ0n) is 10.7. The molecule has 19 heavy (non-hydrogen) atoms. The van der Waals surface area contributed by atoms with Crippen LogP contribution in [0.15, 0.2) is 36.7 Å². The lowest BCUT2D eigenvalue weighted by atomic mass is 10.0. The molecule has 0 saturated heterocycles. The zero-order valence-corrected chi connectivity index (χ0v) is 10.7. The molecule has 0 aliphatic carbocycles. The van der Waals surface area contributed by atoms with Gasteiger partial charge in [-0.1, -0.05) is 6.07 Å². The number of aliphatic hydroxyl groups excluding tert-OH is 1. The monoisotopic (exact) mass is 261 g/mol. The summed E-state index contributed by atoms with van der Waals surface area (Å²) in [6.45, 7) is 0.347. The Balaban J connectivity index is 2.61. The molecule has 5 heteroatoms. The predicted octanol–water partition coefficient (Wildman–Crippen LogP) is 1.90. The maximum absolute atomic E-state index is 14.1. The number of pyridine rings is 1. The first-order chi connectivity index (χ1) is 9.15. The van der Waals surface area contributed by atoms with Crippen LogP contribution in [0.5, 0.6) is 0 Å². The van der Waals surface area contributed by atoms with Crippen molar-refractivity contribution in [3.63, 3.8) is 0 Å². The third-order valence-corrected chi connectivity index (χ3v) is 2.93. The Morgan fingerprint density at radius 2 is 2.16 bits per heavy atom. The molecule has 0 aliphatic rings. The predicted molar refractivity (Wildman–Crippen MR) is 74.4 cm³/mol. The van der Waals surface area contributed by atoms with Crippen LogP contribution in [0.2, 0.25) is 0 Å². The molecule has 0 atom stereocenters. The number of hydrogen-bond acceptors (Lipinski definition) is 4. The van der Waals surface area contributed by atoms with E-state index in [1.165, 1.54) is 12.1 Å². The molecule has 0 spiro atoms. The third-order valence-electron chi connectivity index (χ3n) is 2.93. The molecule has 4 nitrogen and oxygen atoms in total. The van der Waals surface area contributed by atoms with Crippen LogP contribution in [-0.4, -0.2) is 30.3 Å². The van der Waals surface area contributed by atoms with E-state index in [2.05, 4.69) is 4.98 Å². The van der Waals surface area contributed by atoms with Crippen LogP contribution in [0.4, 0.5) is 15.8 Å². The summed E-state index contributed by atoms with van der Waals surface area (Å²) in [4.78, 5) is 5.74. The van der Waals surface area contributed by atoms with Crippen molar-refractivity contribution >= 4 is 11.4 Å². The highest BCUT2D eigenvalue weighted by atomic mass is 19.1. The average molecular weight is 261 g/mol. The fourth-order valence-corrected chi connectivity index (χ4v) is 2.04. The number of benzene rings is 1. The number of hydrogen-bond donors (Lipinski definition) is 2. The van der Waals surface area contributed by atoms with Crippen LogP contribution >= 0.6 is 0 Å². The number of anilines is 2. The van der Waals surface area contributed by atoms with Gasteiger partial charge in [-0.2, -0.15) is 0 Å². The first-order valence-corrected chi connectivity index (χ1v) is 5.95. The van der Waals surface area contributed by atoms with Gasteiger partial charge in [0.1, 0.15) is 5.82 Å². The van der Waals surface area contributed by atoms with Crippen LogP contribution in [0.25, 0.3) is 11.1 Å². The number of likely N-dealkylation sites (N-methyl/N-ethyl adjacent to an activating group) is 1. The molecule has 0 saturated carbocycles. The fraction of sp³-hybridized carbons (Fsp3) is 0.214.